The van der Waals surface area contributed by atoms with Crippen LogP contribution in [0.2, 0.25) is 0 Å². The first-order valence-electron chi connectivity index (χ1n) is 3.40. The van der Waals surface area contributed by atoms with E-state index in [4.69, 9.17) is 0 Å². The lowest BCUT2D eigenvalue weighted by molar-refractivity contribution is -0.190. The average molecular weight is 144 g/mol. The van der Waals surface area contributed by atoms with Gasteiger partial charge in [-0.25, -0.2) is 0 Å². The lowest BCUT2D eigenvalue weighted by Crippen LogP contribution is -2.30. The van der Waals surface area contributed by atoms with Crippen LogP contribution in [0, 0.1) is 11.8 Å². The van der Waals surface area contributed by atoms with Crippen LogP contribution in [0.1, 0.15) is 20.8 Å². The van der Waals surface area contributed by atoms with Crippen LogP contribution in [-0.2, 0) is 9.53 Å². The highest BCUT2D eigenvalue weighted by Gasteiger charge is 2.46. The molecule has 0 aromatic heterocycles. The van der Waals surface area contributed by atoms with E-state index in [9.17, 15) is 9.90 Å². The van der Waals surface area contributed by atoms with Gasteiger partial charge in [0.2, 0.25) is 5.79 Å². The number of carbonyl (C=O) groups is 1. The maximum Gasteiger partial charge on any atom is 0.311 e. The highest BCUT2D eigenvalue weighted by Crippen LogP contribution is 2.34. The predicted molar refractivity (Wildman–Crippen MR) is 35.0 cm³/mol. The summed E-state index contributed by atoms with van der Waals surface area (Å²) in [4.78, 5) is 10.8. The molecule has 3 heteroatoms. The molecule has 3 nitrogen and oxygen atoms in total. The van der Waals surface area contributed by atoms with Crippen molar-refractivity contribution < 1.29 is 14.6 Å². The zero-order valence-electron chi connectivity index (χ0n) is 6.42. The van der Waals surface area contributed by atoms with Gasteiger partial charge in [0.15, 0.2) is 0 Å². The normalized spacial score (nSPS) is 47.4. The molecule has 1 heterocycles. The summed E-state index contributed by atoms with van der Waals surface area (Å²) in [6.45, 7) is 5.07. The minimum atomic E-state index is -1.25. The summed E-state index contributed by atoms with van der Waals surface area (Å²) in [5.41, 5.74) is 0. The zero-order chi connectivity index (χ0) is 7.94. The molecule has 0 aliphatic carbocycles. The van der Waals surface area contributed by atoms with Gasteiger partial charge in [0.1, 0.15) is 0 Å². The number of esters is 1. The Labute approximate surface area is 60.0 Å². The van der Waals surface area contributed by atoms with Gasteiger partial charge in [-0.05, 0) is 0 Å². The summed E-state index contributed by atoms with van der Waals surface area (Å²) < 4.78 is 4.69. The quantitative estimate of drug-likeness (QED) is 0.504. The van der Waals surface area contributed by atoms with Gasteiger partial charge >= 0.3 is 5.97 Å². The largest absolute Gasteiger partial charge is 0.433 e. The molecule has 1 fully saturated rings. The fraction of sp³-hybridized carbons (Fsp3) is 0.857. The molecular formula is C7H12O3. The first-order chi connectivity index (χ1) is 4.45. The number of cyclic esters (lactones) is 1. The number of aliphatic hydroxyl groups is 1. The molecule has 0 aromatic rings. The first-order valence-corrected chi connectivity index (χ1v) is 3.40. The van der Waals surface area contributed by atoms with E-state index < -0.39 is 5.79 Å². The Morgan fingerprint density at radius 1 is 1.60 bits per heavy atom. The summed E-state index contributed by atoms with van der Waals surface area (Å²) in [5.74, 6) is -1.86. The number of carbonyl (C=O) groups excluding carboxylic acids is 1. The highest BCUT2D eigenvalue weighted by molar-refractivity contribution is 5.75. The van der Waals surface area contributed by atoms with Crippen molar-refractivity contribution in [1.82, 2.24) is 0 Å². The molecule has 0 spiro atoms. The van der Waals surface area contributed by atoms with Crippen molar-refractivity contribution in [2.45, 2.75) is 26.6 Å². The van der Waals surface area contributed by atoms with Gasteiger partial charge in [0, 0.05) is 12.8 Å². The standard InChI is InChI=1S/C7H12O3/c1-4-5(2)7(3,9)10-6(4)8/h4-5,9H,1-3H3/t4-,5+,7-/m1/s1. The van der Waals surface area contributed by atoms with E-state index in [-0.39, 0.29) is 17.8 Å². The van der Waals surface area contributed by atoms with Crippen LogP contribution in [0.4, 0.5) is 0 Å². The van der Waals surface area contributed by atoms with Gasteiger partial charge in [0.25, 0.3) is 0 Å². The molecule has 1 aliphatic heterocycles. The third-order valence-corrected chi connectivity index (χ3v) is 2.27. The summed E-state index contributed by atoms with van der Waals surface area (Å²) >= 11 is 0. The van der Waals surface area contributed by atoms with Crippen LogP contribution >= 0.6 is 0 Å². The van der Waals surface area contributed by atoms with Crippen LogP contribution in [-0.4, -0.2) is 16.9 Å². The molecule has 10 heavy (non-hydrogen) atoms. The Kier molecular flexibility index (Phi) is 1.47. The van der Waals surface area contributed by atoms with E-state index in [1.807, 2.05) is 0 Å². The molecule has 0 unspecified atom stereocenters. The van der Waals surface area contributed by atoms with Gasteiger partial charge in [-0.15, -0.1) is 0 Å². The molecule has 58 valence electrons. The molecule has 1 N–H and O–H groups in total. The minimum Gasteiger partial charge on any atom is -0.433 e. The summed E-state index contributed by atoms with van der Waals surface area (Å²) in [5, 5.41) is 9.36. The number of ether oxygens (including phenoxy) is 1. The van der Waals surface area contributed by atoms with Gasteiger partial charge in [0.05, 0.1) is 5.92 Å². The lowest BCUT2D eigenvalue weighted by atomic mass is 9.93. The van der Waals surface area contributed by atoms with E-state index >= 15 is 0 Å². The van der Waals surface area contributed by atoms with Crippen molar-refractivity contribution in [3.8, 4) is 0 Å². The maximum atomic E-state index is 10.8. The van der Waals surface area contributed by atoms with Crippen LogP contribution in [0.5, 0.6) is 0 Å². The SMILES string of the molecule is C[C@H]1C(=O)O[C@@](C)(O)[C@H]1C. The highest BCUT2D eigenvalue weighted by atomic mass is 16.7. The van der Waals surface area contributed by atoms with Crippen molar-refractivity contribution in [2.24, 2.45) is 11.8 Å². The Hall–Kier alpha value is -0.570. The first kappa shape index (κ1) is 7.54. The van der Waals surface area contributed by atoms with Crippen LogP contribution in [0.3, 0.4) is 0 Å². The molecular weight excluding hydrogens is 132 g/mol. The molecule has 0 radical (unpaired) electrons. The summed E-state index contributed by atoms with van der Waals surface area (Å²) in [7, 11) is 0. The van der Waals surface area contributed by atoms with Crippen molar-refractivity contribution in [2.75, 3.05) is 0 Å². The predicted octanol–water partition coefficient (Wildman–Crippen LogP) is 0.524. The van der Waals surface area contributed by atoms with E-state index in [1.54, 1.807) is 13.8 Å². The van der Waals surface area contributed by atoms with Crippen molar-refractivity contribution in [3.63, 3.8) is 0 Å². The van der Waals surface area contributed by atoms with E-state index in [0.717, 1.165) is 0 Å². The Bertz CT molecular complexity index is 162. The number of hydrogen-bond donors (Lipinski definition) is 1. The molecule has 0 saturated carbocycles. The molecule has 1 saturated heterocycles. The topological polar surface area (TPSA) is 46.5 Å². The van der Waals surface area contributed by atoms with Crippen molar-refractivity contribution >= 4 is 5.97 Å². The fourth-order valence-corrected chi connectivity index (χ4v) is 1.06. The fourth-order valence-electron chi connectivity index (χ4n) is 1.06. The van der Waals surface area contributed by atoms with Gasteiger partial charge < -0.3 is 9.84 Å². The molecule has 1 rings (SSSR count). The minimum absolute atomic E-state index is 0.111. The van der Waals surface area contributed by atoms with Gasteiger partial charge in [-0.3, -0.25) is 4.79 Å². The van der Waals surface area contributed by atoms with Gasteiger partial charge in [-0.2, -0.15) is 0 Å². The molecule has 0 bridgehead atoms. The second-order valence-electron chi connectivity index (χ2n) is 3.05. The smallest absolute Gasteiger partial charge is 0.311 e. The number of rotatable bonds is 0. The van der Waals surface area contributed by atoms with E-state index in [2.05, 4.69) is 4.74 Å². The zero-order valence-corrected chi connectivity index (χ0v) is 6.42. The summed E-state index contributed by atoms with van der Waals surface area (Å²) in [6.07, 6.45) is 0. The molecule has 0 aromatic carbocycles. The van der Waals surface area contributed by atoms with E-state index in [0.29, 0.717) is 0 Å². The van der Waals surface area contributed by atoms with Crippen LogP contribution in [0.25, 0.3) is 0 Å². The Balaban J connectivity index is 2.81. The maximum absolute atomic E-state index is 10.8. The third-order valence-electron chi connectivity index (χ3n) is 2.27. The molecule has 1 aliphatic rings. The second-order valence-corrected chi connectivity index (χ2v) is 3.05. The lowest BCUT2D eigenvalue weighted by Gasteiger charge is -2.19. The van der Waals surface area contributed by atoms with Crippen molar-refractivity contribution in [3.05, 3.63) is 0 Å². The average Bonchev–Trinajstić information content (AvgIpc) is 1.95. The van der Waals surface area contributed by atoms with E-state index in [1.165, 1.54) is 6.92 Å². The monoisotopic (exact) mass is 144 g/mol. The Morgan fingerprint density at radius 2 is 2.10 bits per heavy atom. The molecule has 3 atom stereocenters. The van der Waals surface area contributed by atoms with Crippen LogP contribution < -0.4 is 0 Å². The van der Waals surface area contributed by atoms with Gasteiger partial charge in [-0.1, -0.05) is 13.8 Å². The molecule has 0 amide bonds. The second kappa shape index (κ2) is 1.95. The van der Waals surface area contributed by atoms with Crippen LogP contribution in [0.15, 0.2) is 0 Å². The van der Waals surface area contributed by atoms with Crippen molar-refractivity contribution in [1.29, 1.82) is 0 Å². The Morgan fingerprint density at radius 3 is 2.20 bits per heavy atom. The summed E-state index contributed by atoms with van der Waals surface area (Å²) in [6, 6.07) is 0. The number of hydrogen-bond acceptors (Lipinski definition) is 3. The third kappa shape index (κ3) is 0.904.